The van der Waals surface area contributed by atoms with Gasteiger partial charge in [-0.25, -0.2) is 13.4 Å². The molecule has 0 aliphatic carbocycles. The van der Waals surface area contributed by atoms with Gasteiger partial charge in [0.25, 0.3) is 0 Å². The molecule has 0 amide bonds. The monoisotopic (exact) mass is 335 g/mol. The summed E-state index contributed by atoms with van der Waals surface area (Å²) >= 11 is 0. The third-order valence-corrected chi connectivity index (χ3v) is 5.80. The van der Waals surface area contributed by atoms with Crippen molar-refractivity contribution in [3.05, 3.63) is 48.5 Å². The van der Waals surface area contributed by atoms with Gasteiger partial charge < -0.3 is 9.30 Å². The summed E-state index contributed by atoms with van der Waals surface area (Å²) in [6.45, 7) is 4.54. The second-order valence-corrected chi connectivity index (χ2v) is 7.57. The predicted molar refractivity (Wildman–Crippen MR) is 86.2 cm³/mol. The highest BCUT2D eigenvalue weighted by Crippen LogP contribution is 2.23. The lowest BCUT2D eigenvalue weighted by molar-refractivity contribution is 0.0978. The lowest BCUT2D eigenvalue weighted by atomic mass is 10.1. The minimum absolute atomic E-state index is 0.101. The number of benzene rings is 1. The highest BCUT2D eigenvalue weighted by atomic mass is 32.2. The average molecular weight is 335 g/mol. The van der Waals surface area contributed by atoms with Gasteiger partial charge in [0.1, 0.15) is 5.82 Å². The Morgan fingerprint density at radius 3 is 2.78 bits per heavy atom. The zero-order valence-electron chi connectivity index (χ0n) is 13.1. The summed E-state index contributed by atoms with van der Waals surface area (Å²) < 4.78 is 34.9. The van der Waals surface area contributed by atoms with E-state index in [2.05, 4.69) is 4.98 Å². The first-order chi connectivity index (χ1) is 11.1. The van der Waals surface area contributed by atoms with Gasteiger partial charge in [0, 0.05) is 38.0 Å². The van der Waals surface area contributed by atoms with E-state index in [1.807, 2.05) is 23.8 Å². The van der Waals surface area contributed by atoms with Crippen LogP contribution >= 0.6 is 0 Å². The Bertz CT molecular complexity index is 743. The topological polar surface area (TPSA) is 64.4 Å². The van der Waals surface area contributed by atoms with Crippen molar-refractivity contribution in [3.8, 4) is 0 Å². The summed E-state index contributed by atoms with van der Waals surface area (Å²) in [5, 5.41) is 0. The van der Waals surface area contributed by atoms with Crippen molar-refractivity contribution >= 4 is 10.0 Å². The molecule has 2 heterocycles. The van der Waals surface area contributed by atoms with Crippen LogP contribution in [0.15, 0.2) is 47.6 Å². The Morgan fingerprint density at radius 2 is 2.04 bits per heavy atom. The van der Waals surface area contributed by atoms with Crippen molar-refractivity contribution < 1.29 is 13.2 Å². The van der Waals surface area contributed by atoms with Gasteiger partial charge in [-0.1, -0.05) is 18.2 Å². The highest BCUT2D eigenvalue weighted by molar-refractivity contribution is 7.89. The molecular weight excluding hydrogens is 314 g/mol. The molecule has 23 heavy (non-hydrogen) atoms. The van der Waals surface area contributed by atoms with Crippen LogP contribution in [-0.4, -0.2) is 42.0 Å². The van der Waals surface area contributed by atoms with Crippen molar-refractivity contribution in [1.82, 2.24) is 13.9 Å². The molecule has 0 bridgehead atoms. The molecule has 1 unspecified atom stereocenters. The molecule has 0 saturated heterocycles. The van der Waals surface area contributed by atoms with E-state index in [-0.39, 0.29) is 12.5 Å². The standard InChI is InChI=1S/C16H21N3O3S/c1-2-22-13-14-10-18-9-8-17-16(18)12-19(11-14)23(20,21)15-6-4-3-5-7-15/h3-9,14H,2,10-13H2,1H3. The minimum atomic E-state index is -3.54. The normalized spacial score (nSPS) is 19.3. The van der Waals surface area contributed by atoms with Crippen LogP contribution in [0.5, 0.6) is 0 Å². The maximum absolute atomic E-state index is 12.9. The lowest BCUT2D eigenvalue weighted by Crippen LogP contribution is -2.35. The molecule has 124 valence electrons. The van der Waals surface area contributed by atoms with Gasteiger partial charge in [-0.2, -0.15) is 4.31 Å². The van der Waals surface area contributed by atoms with E-state index in [0.29, 0.717) is 24.7 Å². The van der Waals surface area contributed by atoms with Crippen LogP contribution in [0.4, 0.5) is 0 Å². The van der Waals surface area contributed by atoms with Crippen molar-refractivity contribution in [3.63, 3.8) is 0 Å². The van der Waals surface area contributed by atoms with Gasteiger partial charge in [0.05, 0.1) is 18.0 Å². The fourth-order valence-electron chi connectivity index (χ4n) is 2.82. The Labute approximate surface area is 136 Å². The van der Waals surface area contributed by atoms with E-state index >= 15 is 0 Å². The van der Waals surface area contributed by atoms with E-state index in [9.17, 15) is 8.42 Å². The molecule has 1 aliphatic heterocycles. The highest BCUT2D eigenvalue weighted by Gasteiger charge is 2.31. The lowest BCUT2D eigenvalue weighted by Gasteiger charge is -2.23. The number of hydrogen-bond acceptors (Lipinski definition) is 4. The number of fused-ring (bicyclic) bond motifs is 1. The molecule has 1 aromatic heterocycles. The number of rotatable bonds is 5. The van der Waals surface area contributed by atoms with Crippen LogP contribution in [0.1, 0.15) is 12.7 Å². The number of aromatic nitrogens is 2. The van der Waals surface area contributed by atoms with Crippen LogP contribution < -0.4 is 0 Å². The number of ether oxygens (including phenoxy) is 1. The Balaban J connectivity index is 1.91. The predicted octanol–water partition coefficient (Wildman–Crippen LogP) is 1.74. The number of sulfonamides is 1. The Hall–Kier alpha value is -1.70. The summed E-state index contributed by atoms with van der Waals surface area (Å²) in [4.78, 5) is 4.62. The van der Waals surface area contributed by atoms with Gasteiger partial charge in [-0.15, -0.1) is 0 Å². The second kappa shape index (κ2) is 6.82. The number of imidazole rings is 1. The van der Waals surface area contributed by atoms with E-state index in [1.54, 1.807) is 30.5 Å². The molecule has 1 atom stereocenters. The molecule has 0 spiro atoms. The van der Waals surface area contributed by atoms with Gasteiger partial charge >= 0.3 is 0 Å². The molecule has 0 fully saturated rings. The molecule has 2 aromatic rings. The fraction of sp³-hybridized carbons (Fsp3) is 0.438. The zero-order chi connectivity index (χ0) is 16.3. The van der Waals surface area contributed by atoms with E-state index in [1.165, 1.54) is 4.31 Å². The van der Waals surface area contributed by atoms with Crippen LogP contribution in [0.2, 0.25) is 0 Å². The van der Waals surface area contributed by atoms with Gasteiger partial charge in [-0.3, -0.25) is 0 Å². The number of hydrogen-bond donors (Lipinski definition) is 0. The SMILES string of the molecule is CCOCC1CN(S(=O)(=O)c2ccccc2)Cc2nccn2C1. The van der Waals surface area contributed by atoms with Crippen molar-refractivity contribution in [2.24, 2.45) is 5.92 Å². The maximum atomic E-state index is 12.9. The molecule has 6 nitrogen and oxygen atoms in total. The third-order valence-electron chi connectivity index (χ3n) is 3.97. The summed E-state index contributed by atoms with van der Waals surface area (Å²) in [7, 11) is -3.54. The second-order valence-electron chi connectivity index (χ2n) is 5.63. The average Bonchev–Trinajstić information content (AvgIpc) is 2.91. The first-order valence-electron chi connectivity index (χ1n) is 7.74. The summed E-state index contributed by atoms with van der Waals surface area (Å²) in [6, 6.07) is 8.55. The van der Waals surface area contributed by atoms with Gasteiger partial charge in [0.2, 0.25) is 10.0 Å². The summed E-state index contributed by atoms with van der Waals surface area (Å²) in [5.41, 5.74) is 0. The smallest absolute Gasteiger partial charge is 0.243 e. The molecule has 1 aliphatic rings. The van der Waals surface area contributed by atoms with Crippen molar-refractivity contribution in [1.29, 1.82) is 0 Å². The minimum Gasteiger partial charge on any atom is -0.381 e. The first-order valence-corrected chi connectivity index (χ1v) is 9.18. The molecular formula is C16H21N3O3S. The van der Waals surface area contributed by atoms with Crippen LogP contribution in [0, 0.1) is 5.92 Å². The molecule has 3 rings (SSSR count). The van der Waals surface area contributed by atoms with E-state index < -0.39 is 10.0 Å². The molecule has 1 aromatic carbocycles. The van der Waals surface area contributed by atoms with Crippen molar-refractivity contribution in [2.75, 3.05) is 19.8 Å². The largest absolute Gasteiger partial charge is 0.381 e. The van der Waals surface area contributed by atoms with Crippen LogP contribution in [-0.2, 0) is 27.8 Å². The van der Waals surface area contributed by atoms with Crippen LogP contribution in [0.3, 0.4) is 0 Å². The number of nitrogens with zero attached hydrogens (tertiary/aromatic N) is 3. The van der Waals surface area contributed by atoms with Crippen molar-refractivity contribution in [2.45, 2.75) is 24.9 Å². The summed E-state index contributed by atoms with van der Waals surface area (Å²) in [5.74, 6) is 0.868. The van der Waals surface area contributed by atoms with Crippen LogP contribution in [0.25, 0.3) is 0 Å². The maximum Gasteiger partial charge on any atom is 0.243 e. The molecule has 7 heteroatoms. The molecule has 0 saturated carbocycles. The van der Waals surface area contributed by atoms with E-state index in [4.69, 9.17) is 4.74 Å². The first kappa shape index (κ1) is 16.2. The fourth-order valence-corrected chi connectivity index (χ4v) is 4.31. The Morgan fingerprint density at radius 1 is 1.26 bits per heavy atom. The summed E-state index contributed by atoms with van der Waals surface area (Å²) in [6.07, 6.45) is 3.61. The van der Waals surface area contributed by atoms with Gasteiger partial charge in [-0.05, 0) is 19.1 Å². The Kier molecular flexibility index (Phi) is 4.79. The van der Waals surface area contributed by atoms with E-state index in [0.717, 1.165) is 12.4 Å². The molecule has 0 radical (unpaired) electrons. The van der Waals surface area contributed by atoms with Gasteiger partial charge in [0.15, 0.2) is 0 Å². The quantitative estimate of drug-likeness (QED) is 0.835. The zero-order valence-corrected chi connectivity index (χ0v) is 13.9. The molecule has 0 N–H and O–H groups in total. The third kappa shape index (κ3) is 3.46.